The summed E-state index contributed by atoms with van der Waals surface area (Å²) < 4.78 is 44.4. The van der Waals surface area contributed by atoms with Crippen molar-refractivity contribution < 1.29 is 22.7 Å². The summed E-state index contributed by atoms with van der Waals surface area (Å²) in [6.45, 7) is 3.53. The van der Waals surface area contributed by atoms with Crippen LogP contribution < -0.4 is 0 Å². The van der Waals surface area contributed by atoms with Gasteiger partial charge in [-0.1, -0.05) is 0 Å². The summed E-state index contributed by atoms with van der Waals surface area (Å²) >= 11 is 1.05. The number of thiophene rings is 1. The number of hydrogen-bond donors (Lipinski definition) is 0. The molecule has 0 saturated heterocycles. The molecule has 114 valence electrons. The highest BCUT2D eigenvalue weighted by Crippen LogP contribution is 2.35. The molecule has 21 heavy (non-hydrogen) atoms. The van der Waals surface area contributed by atoms with Crippen LogP contribution in [0, 0.1) is 0 Å². The predicted molar refractivity (Wildman–Crippen MR) is 72.3 cm³/mol. The van der Waals surface area contributed by atoms with Crippen molar-refractivity contribution in [1.29, 1.82) is 0 Å². The molecule has 0 atom stereocenters. The lowest BCUT2D eigenvalue weighted by Crippen LogP contribution is -2.05. The van der Waals surface area contributed by atoms with Crippen molar-refractivity contribution in [3.63, 3.8) is 0 Å². The third kappa shape index (κ3) is 3.10. The Kier molecular flexibility index (Phi) is 4.08. The second-order valence-electron chi connectivity index (χ2n) is 4.60. The Balaban J connectivity index is 2.50. The van der Waals surface area contributed by atoms with Gasteiger partial charge in [-0.05, 0) is 26.0 Å². The standard InChI is InChI=1S/C13H13F3N2O2S/c1-7(2)18-6-10(13(14,15)16)17-11(18)8-4-5-9(21-8)12(19)20-3/h4-7H,1-3H3. The molecule has 0 unspecified atom stereocenters. The average Bonchev–Trinajstić information content (AvgIpc) is 3.02. The molecule has 0 radical (unpaired) electrons. The Morgan fingerprint density at radius 3 is 2.57 bits per heavy atom. The van der Waals surface area contributed by atoms with Gasteiger partial charge in [0.05, 0.1) is 12.0 Å². The van der Waals surface area contributed by atoms with Crippen LogP contribution in [0.25, 0.3) is 10.7 Å². The van der Waals surface area contributed by atoms with Crippen molar-refractivity contribution in [2.45, 2.75) is 26.1 Å². The number of carbonyl (C=O) groups excluding carboxylic acids is 1. The van der Waals surface area contributed by atoms with E-state index in [1.807, 2.05) is 0 Å². The zero-order valence-electron chi connectivity index (χ0n) is 11.6. The maximum Gasteiger partial charge on any atom is 0.434 e. The van der Waals surface area contributed by atoms with Crippen LogP contribution in [0.15, 0.2) is 18.3 Å². The number of halogens is 3. The van der Waals surface area contributed by atoms with E-state index in [0.717, 1.165) is 17.5 Å². The van der Waals surface area contributed by atoms with Crippen LogP contribution in [0.4, 0.5) is 13.2 Å². The van der Waals surface area contributed by atoms with Gasteiger partial charge in [-0.2, -0.15) is 13.2 Å². The van der Waals surface area contributed by atoms with Crippen molar-refractivity contribution in [3.05, 3.63) is 28.9 Å². The van der Waals surface area contributed by atoms with E-state index in [2.05, 4.69) is 9.72 Å². The highest BCUT2D eigenvalue weighted by molar-refractivity contribution is 7.17. The fraction of sp³-hybridized carbons (Fsp3) is 0.385. The molecule has 0 aromatic carbocycles. The largest absolute Gasteiger partial charge is 0.465 e. The quantitative estimate of drug-likeness (QED) is 0.804. The van der Waals surface area contributed by atoms with E-state index in [4.69, 9.17) is 0 Å². The van der Waals surface area contributed by atoms with Gasteiger partial charge in [0.2, 0.25) is 0 Å². The number of hydrogen-bond acceptors (Lipinski definition) is 4. The van der Waals surface area contributed by atoms with Crippen LogP contribution in [-0.4, -0.2) is 22.6 Å². The van der Waals surface area contributed by atoms with Crippen molar-refractivity contribution in [2.24, 2.45) is 0 Å². The lowest BCUT2D eigenvalue weighted by atomic mass is 10.3. The summed E-state index contributed by atoms with van der Waals surface area (Å²) in [5.41, 5.74) is -0.945. The lowest BCUT2D eigenvalue weighted by molar-refractivity contribution is -0.140. The van der Waals surface area contributed by atoms with Crippen molar-refractivity contribution >= 4 is 17.3 Å². The number of imidazole rings is 1. The van der Waals surface area contributed by atoms with Crippen LogP contribution in [0.1, 0.15) is 35.3 Å². The van der Waals surface area contributed by atoms with E-state index in [-0.39, 0.29) is 11.9 Å². The van der Waals surface area contributed by atoms with E-state index in [1.54, 1.807) is 19.9 Å². The molecule has 0 aliphatic rings. The van der Waals surface area contributed by atoms with Crippen molar-refractivity contribution in [2.75, 3.05) is 7.11 Å². The summed E-state index contributed by atoms with van der Waals surface area (Å²) in [4.78, 5) is 15.9. The molecule has 0 spiro atoms. The number of methoxy groups -OCH3 is 1. The van der Waals surface area contributed by atoms with Gasteiger partial charge in [-0.25, -0.2) is 9.78 Å². The molecule has 0 saturated carbocycles. The molecule has 8 heteroatoms. The molecule has 2 rings (SSSR count). The second-order valence-corrected chi connectivity index (χ2v) is 5.69. The first-order chi connectivity index (χ1) is 9.74. The van der Waals surface area contributed by atoms with E-state index >= 15 is 0 Å². The first kappa shape index (κ1) is 15.6. The minimum Gasteiger partial charge on any atom is -0.465 e. The van der Waals surface area contributed by atoms with Gasteiger partial charge in [0.1, 0.15) is 4.88 Å². The van der Waals surface area contributed by atoms with Gasteiger partial charge in [-0.15, -0.1) is 11.3 Å². The van der Waals surface area contributed by atoms with Crippen molar-refractivity contribution in [1.82, 2.24) is 9.55 Å². The Morgan fingerprint density at radius 2 is 2.05 bits per heavy atom. The van der Waals surface area contributed by atoms with E-state index < -0.39 is 17.8 Å². The summed E-state index contributed by atoms with van der Waals surface area (Å²) in [5, 5.41) is 0. The van der Waals surface area contributed by atoms with Gasteiger partial charge in [-0.3, -0.25) is 0 Å². The summed E-state index contributed by atoms with van der Waals surface area (Å²) in [7, 11) is 1.25. The molecule has 2 aromatic heterocycles. The summed E-state index contributed by atoms with van der Waals surface area (Å²) in [6.07, 6.45) is -3.52. The fourth-order valence-corrected chi connectivity index (χ4v) is 2.69. The SMILES string of the molecule is COC(=O)c1ccc(-c2nc(C(F)(F)F)cn2C(C)C)s1. The van der Waals surface area contributed by atoms with Crippen LogP contribution in [-0.2, 0) is 10.9 Å². The van der Waals surface area contributed by atoms with E-state index in [9.17, 15) is 18.0 Å². The van der Waals surface area contributed by atoms with Crippen molar-refractivity contribution in [3.8, 4) is 10.7 Å². The Hall–Kier alpha value is -1.83. The third-order valence-corrected chi connectivity index (χ3v) is 3.85. The van der Waals surface area contributed by atoms with E-state index in [0.29, 0.717) is 9.75 Å². The van der Waals surface area contributed by atoms with Gasteiger partial charge in [0.15, 0.2) is 11.5 Å². The first-order valence-electron chi connectivity index (χ1n) is 6.08. The molecule has 0 N–H and O–H groups in total. The molecule has 2 heterocycles. The van der Waals surface area contributed by atoms with Gasteiger partial charge >= 0.3 is 12.1 Å². The number of aromatic nitrogens is 2. The van der Waals surface area contributed by atoms with Crippen LogP contribution in [0.3, 0.4) is 0 Å². The number of alkyl halides is 3. The predicted octanol–water partition coefficient (Wildman–Crippen LogP) is 4.00. The second kappa shape index (κ2) is 5.51. The number of nitrogens with zero attached hydrogens (tertiary/aromatic N) is 2. The number of ether oxygens (including phenoxy) is 1. The van der Waals surface area contributed by atoms with Gasteiger partial charge < -0.3 is 9.30 Å². The van der Waals surface area contributed by atoms with Gasteiger partial charge in [0.25, 0.3) is 0 Å². The molecular formula is C13H13F3N2O2S. The summed E-state index contributed by atoms with van der Waals surface area (Å²) in [5.74, 6) is -0.331. The van der Waals surface area contributed by atoms with E-state index in [1.165, 1.54) is 17.7 Å². The fourth-order valence-electron chi connectivity index (χ4n) is 1.77. The minimum atomic E-state index is -4.50. The Morgan fingerprint density at radius 1 is 1.38 bits per heavy atom. The molecule has 0 bridgehead atoms. The number of esters is 1. The highest BCUT2D eigenvalue weighted by atomic mass is 32.1. The maximum absolute atomic E-state index is 12.8. The molecule has 0 aliphatic carbocycles. The zero-order chi connectivity index (χ0) is 15.8. The minimum absolute atomic E-state index is 0.188. The normalized spacial score (nSPS) is 12.0. The number of rotatable bonds is 3. The Bertz CT molecular complexity index is 659. The first-order valence-corrected chi connectivity index (χ1v) is 6.90. The monoisotopic (exact) mass is 318 g/mol. The molecular weight excluding hydrogens is 305 g/mol. The topological polar surface area (TPSA) is 44.1 Å². The molecule has 0 amide bonds. The molecule has 4 nitrogen and oxygen atoms in total. The Labute approximate surface area is 123 Å². The smallest absolute Gasteiger partial charge is 0.434 e. The van der Waals surface area contributed by atoms with Gasteiger partial charge in [0, 0.05) is 12.2 Å². The summed E-state index contributed by atoms with van der Waals surface area (Å²) in [6, 6.07) is 2.89. The molecule has 0 fully saturated rings. The van der Waals surface area contributed by atoms with Crippen LogP contribution in [0.2, 0.25) is 0 Å². The third-order valence-electron chi connectivity index (χ3n) is 2.79. The lowest BCUT2D eigenvalue weighted by Gasteiger charge is -2.09. The number of carbonyl (C=O) groups is 1. The van der Waals surface area contributed by atoms with Crippen LogP contribution in [0.5, 0.6) is 0 Å². The maximum atomic E-state index is 12.8. The average molecular weight is 318 g/mol. The molecule has 0 aliphatic heterocycles. The highest BCUT2D eigenvalue weighted by Gasteiger charge is 2.35. The van der Waals surface area contributed by atoms with Crippen LogP contribution >= 0.6 is 11.3 Å². The zero-order valence-corrected chi connectivity index (χ0v) is 12.4. The molecule has 2 aromatic rings.